The number of carbonyl (C=O) groups is 2. The first kappa shape index (κ1) is 17.1. The standard InChI is InChI=1S/C19H23N3O3/c1-13-11-14(17(23)20-12-15-5-3-10-25-15)6-7-16(13)21-18(24)22-19(2)8-4-9-19/h3,5-7,10-11H,4,8-9,12H2,1-2H3,(H,20,23)(H2,21,22,24). The summed E-state index contributed by atoms with van der Waals surface area (Å²) in [7, 11) is 0. The normalized spacial score (nSPS) is 15.1. The van der Waals surface area contributed by atoms with Gasteiger partial charge in [-0.05, 0) is 69.0 Å². The topological polar surface area (TPSA) is 83.4 Å². The lowest BCUT2D eigenvalue weighted by atomic mass is 9.79. The van der Waals surface area contributed by atoms with Gasteiger partial charge in [-0.25, -0.2) is 4.79 Å². The molecule has 0 saturated heterocycles. The van der Waals surface area contributed by atoms with Crippen LogP contribution in [0, 0.1) is 6.92 Å². The molecule has 0 radical (unpaired) electrons. The number of anilines is 1. The fourth-order valence-electron chi connectivity index (χ4n) is 2.89. The van der Waals surface area contributed by atoms with Gasteiger partial charge in [0.15, 0.2) is 0 Å². The molecular weight excluding hydrogens is 318 g/mol. The summed E-state index contributed by atoms with van der Waals surface area (Å²) in [5.41, 5.74) is 1.98. The third-order valence-electron chi connectivity index (χ3n) is 4.61. The lowest BCUT2D eigenvalue weighted by Crippen LogP contribution is -2.52. The maximum absolute atomic E-state index is 12.2. The van der Waals surface area contributed by atoms with Gasteiger partial charge in [-0.2, -0.15) is 0 Å². The van der Waals surface area contributed by atoms with Crippen molar-refractivity contribution in [3.05, 3.63) is 53.5 Å². The van der Waals surface area contributed by atoms with Gasteiger partial charge in [0.05, 0.1) is 12.8 Å². The fraction of sp³-hybridized carbons (Fsp3) is 0.368. The SMILES string of the molecule is Cc1cc(C(=O)NCc2ccco2)ccc1NC(=O)NC1(C)CCC1. The number of amides is 3. The van der Waals surface area contributed by atoms with Gasteiger partial charge in [-0.3, -0.25) is 4.79 Å². The average molecular weight is 341 g/mol. The zero-order valence-corrected chi connectivity index (χ0v) is 14.5. The molecule has 0 spiro atoms. The second-order valence-corrected chi connectivity index (χ2v) is 6.79. The van der Waals surface area contributed by atoms with E-state index >= 15 is 0 Å². The van der Waals surface area contributed by atoms with Crippen LogP contribution in [0.3, 0.4) is 0 Å². The van der Waals surface area contributed by atoms with Crippen molar-refractivity contribution in [1.29, 1.82) is 0 Å². The van der Waals surface area contributed by atoms with E-state index in [-0.39, 0.29) is 17.5 Å². The molecule has 1 aromatic heterocycles. The summed E-state index contributed by atoms with van der Waals surface area (Å²) in [5.74, 6) is 0.516. The van der Waals surface area contributed by atoms with E-state index < -0.39 is 0 Å². The Hall–Kier alpha value is -2.76. The molecule has 1 fully saturated rings. The summed E-state index contributed by atoms with van der Waals surface area (Å²) in [6.07, 6.45) is 4.74. The Balaban J connectivity index is 1.58. The molecule has 3 rings (SSSR count). The molecule has 25 heavy (non-hydrogen) atoms. The lowest BCUT2D eigenvalue weighted by Gasteiger charge is -2.39. The van der Waals surface area contributed by atoms with E-state index in [0.717, 1.165) is 24.8 Å². The summed E-state index contributed by atoms with van der Waals surface area (Å²) in [5, 5.41) is 8.66. The van der Waals surface area contributed by atoms with Crippen LogP contribution in [0.15, 0.2) is 41.0 Å². The minimum Gasteiger partial charge on any atom is -0.467 e. The molecule has 0 atom stereocenters. The fourth-order valence-corrected chi connectivity index (χ4v) is 2.89. The zero-order chi connectivity index (χ0) is 17.9. The van der Waals surface area contributed by atoms with E-state index in [9.17, 15) is 9.59 Å². The summed E-state index contributed by atoms with van der Waals surface area (Å²) < 4.78 is 5.19. The molecule has 3 N–H and O–H groups in total. The minimum absolute atomic E-state index is 0.0936. The molecule has 1 aromatic carbocycles. The predicted molar refractivity (Wildman–Crippen MR) is 95.5 cm³/mol. The largest absolute Gasteiger partial charge is 0.467 e. The Morgan fingerprint density at radius 2 is 2.04 bits per heavy atom. The zero-order valence-electron chi connectivity index (χ0n) is 14.5. The number of hydrogen-bond donors (Lipinski definition) is 3. The summed E-state index contributed by atoms with van der Waals surface area (Å²) in [6, 6.07) is 8.59. The van der Waals surface area contributed by atoms with Crippen LogP contribution in [-0.4, -0.2) is 17.5 Å². The first-order chi connectivity index (χ1) is 12.0. The van der Waals surface area contributed by atoms with E-state index in [1.54, 1.807) is 36.6 Å². The van der Waals surface area contributed by atoms with Crippen molar-refractivity contribution < 1.29 is 14.0 Å². The van der Waals surface area contributed by atoms with Crippen LogP contribution in [-0.2, 0) is 6.54 Å². The van der Waals surface area contributed by atoms with E-state index in [2.05, 4.69) is 22.9 Å². The number of rotatable bonds is 5. The summed E-state index contributed by atoms with van der Waals surface area (Å²) in [4.78, 5) is 24.3. The first-order valence-corrected chi connectivity index (χ1v) is 8.46. The summed E-state index contributed by atoms with van der Waals surface area (Å²) in [6.45, 7) is 4.26. The molecule has 132 valence electrons. The molecule has 1 heterocycles. The van der Waals surface area contributed by atoms with E-state index in [1.807, 2.05) is 6.92 Å². The number of hydrogen-bond acceptors (Lipinski definition) is 3. The number of nitrogens with one attached hydrogen (secondary N) is 3. The third kappa shape index (κ3) is 4.21. The highest BCUT2D eigenvalue weighted by atomic mass is 16.3. The van der Waals surface area contributed by atoms with E-state index in [0.29, 0.717) is 23.6 Å². The molecule has 1 aliphatic rings. The van der Waals surface area contributed by atoms with Gasteiger partial charge in [-0.15, -0.1) is 0 Å². The molecule has 2 aromatic rings. The Labute approximate surface area is 147 Å². The van der Waals surface area contributed by atoms with Crippen LogP contribution in [0.2, 0.25) is 0 Å². The molecule has 0 unspecified atom stereocenters. The van der Waals surface area contributed by atoms with Crippen molar-refractivity contribution in [3.63, 3.8) is 0 Å². The molecule has 1 saturated carbocycles. The second kappa shape index (κ2) is 7.01. The van der Waals surface area contributed by atoms with Gasteiger partial charge >= 0.3 is 6.03 Å². The van der Waals surface area contributed by atoms with Crippen LogP contribution in [0.4, 0.5) is 10.5 Å². The Morgan fingerprint density at radius 1 is 1.24 bits per heavy atom. The van der Waals surface area contributed by atoms with Crippen molar-refractivity contribution in [3.8, 4) is 0 Å². The third-order valence-corrected chi connectivity index (χ3v) is 4.61. The van der Waals surface area contributed by atoms with Gasteiger partial charge in [0.2, 0.25) is 0 Å². The van der Waals surface area contributed by atoms with Crippen molar-refractivity contribution >= 4 is 17.6 Å². The summed E-state index contributed by atoms with van der Waals surface area (Å²) >= 11 is 0. The van der Waals surface area contributed by atoms with Crippen molar-refractivity contribution in [2.24, 2.45) is 0 Å². The monoisotopic (exact) mass is 341 g/mol. The molecule has 1 aliphatic carbocycles. The van der Waals surface area contributed by atoms with Crippen LogP contribution < -0.4 is 16.0 Å². The van der Waals surface area contributed by atoms with Crippen LogP contribution in [0.1, 0.15) is 47.9 Å². The highest BCUT2D eigenvalue weighted by Crippen LogP contribution is 2.31. The maximum atomic E-state index is 12.2. The van der Waals surface area contributed by atoms with Crippen molar-refractivity contribution in [1.82, 2.24) is 10.6 Å². The molecule has 3 amide bonds. The smallest absolute Gasteiger partial charge is 0.319 e. The quantitative estimate of drug-likeness (QED) is 0.777. The average Bonchev–Trinajstić information content (AvgIpc) is 3.06. The van der Waals surface area contributed by atoms with Crippen LogP contribution >= 0.6 is 0 Å². The first-order valence-electron chi connectivity index (χ1n) is 8.46. The van der Waals surface area contributed by atoms with E-state index in [1.165, 1.54) is 0 Å². The predicted octanol–water partition coefficient (Wildman–Crippen LogP) is 3.58. The number of aryl methyl sites for hydroxylation is 1. The molecule has 0 bridgehead atoms. The minimum atomic E-state index is -0.208. The van der Waals surface area contributed by atoms with Gasteiger partial charge in [0.1, 0.15) is 5.76 Å². The van der Waals surface area contributed by atoms with Crippen molar-refractivity contribution in [2.75, 3.05) is 5.32 Å². The van der Waals surface area contributed by atoms with Gasteiger partial charge in [0.25, 0.3) is 5.91 Å². The molecule has 0 aliphatic heterocycles. The van der Waals surface area contributed by atoms with Gasteiger partial charge in [0, 0.05) is 16.8 Å². The number of urea groups is 1. The van der Waals surface area contributed by atoms with E-state index in [4.69, 9.17) is 4.42 Å². The highest BCUT2D eigenvalue weighted by Gasteiger charge is 2.33. The molecule has 6 nitrogen and oxygen atoms in total. The maximum Gasteiger partial charge on any atom is 0.319 e. The van der Waals surface area contributed by atoms with Crippen LogP contribution in [0.25, 0.3) is 0 Å². The Kier molecular flexibility index (Phi) is 4.79. The lowest BCUT2D eigenvalue weighted by molar-refractivity contribution is 0.0948. The number of carbonyl (C=O) groups excluding carboxylic acids is 2. The Bertz CT molecular complexity index is 764. The van der Waals surface area contributed by atoms with Crippen LogP contribution in [0.5, 0.6) is 0 Å². The second-order valence-electron chi connectivity index (χ2n) is 6.79. The molecular formula is C19H23N3O3. The Morgan fingerprint density at radius 3 is 2.64 bits per heavy atom. The molecule has 6 heteroatoms. The van der Waals surface area contributed by atoms with Gasteiger partial charge < -0.3 is 20.4 Å². The van der Waals surface area contributed by atoms with Crippen molar-refractivity contribution in [2.45, 2.75) is 45.2 Å². The number of furan rings is 1. The number of benzene rings is 1. The highest BCUT2D eigenvalue weighted by molar-refractivity contribution is 5.96. The van der Waals surface area contributed by atoms with Gasteiger partial charge in [-0.1, -0.05) is 0 Å².